The van der Waals surface area contributed by atoms with Crippen LogP contribution in [0.5, 0.6) is 0 Å². The highest BCUT2D eigenvalue weighted by Gasteiger charge is 2.37. The molecular formula is C18H23N3O2. The molecule has 5 heteroatoms. The lowest BCUT2D eigenvalue weighted by atomic mass is 9.95. The lowest BCUT2D eigenvalue weighted by Crippen LogP contribution is -2.33. The molecule has 1 saturated heterocycles. The molecule has 0 unspecified atom stereocenters. The summed E-state index contributed by atoms with van der Waals surface area (Å²) >= 11 is 0. The molecule has 0 bridgehead atoms. The van der Waals surface area contributed by atoms with Gasteiger partial charge in [-0.2, -0.15) is 5.10 Å². The van der Waals surface area contributed by atoms with E-state index in [4.69, 9.17) is 4.74 Å². The summed E-state index contributed by atoms with van der Waals surface area (Å²) in [5.41, 5.74) is 3.34. The van der Waals surface area contributed by atoms with Gasteiger partial charge >= 0.3 is 0 Å². The number of hydrogen-bond acceptors (Lipinski definition) is 3. The first-order valence-electron chi connectivity index (χ1n) is 7.95. The molecule has 1 fully saturated rings. The van der Waals surface area contributed by atoms with Crippen LogP contribution < -0.4 is 0 Å². The molecule has 0 aliphatic carbocycles. The topological polar surface area (TPSA) is 47.4 Å². The smallest absolute Gasteiger partial charge is 0.228 e. The molecule has 0 spiro atoms. The number of ether oxygens (including phenoxy) is 1. The van der Waals surface area contributed by atoms with E-state index in [9.17, 15) is 4.79 Å². The molecular weight excluding hydrogens is 290 g/mol. The van der Waals surface area contributed by atoms with Crippen LogP contribution in [0.3, 0.4) is 0 Å². The van der Waals surface area contributed by atoms with Gasteiger partial charge in [0.1, 0.15) is 0 Å². The van der Waals surface area contributed by atoms with Crippen molar-refractivity contribution in [3.05, 3.63) is 53.3 Å². The molecule has 0 radical (unpaired) electrons. The lowest BCUT2D eigenvalue weighted by Gasteiger charge is -2.24. The van der Waals surface area contributed by atoms with Gasteiger partial charge in [-0.05, 0) is 18.9 Å². The van der Waals surface area contributed by atoms with Crippen LogP contribution in [0, 0.1) is 12.8 Å². The van der Waals surface area contributed by atoms with Gasteiger partial charge in [0, 0.05) is 39.0 Å². The summed E-state index contributed by atoms with van der Waals surface area (Å²) in [5.74, 6) is 0.00636. The molecule has 23 heavy (non-hydrogen) atoms. The molecule has 0 N–H and O–H groups in total. The summed E-state index contributed by atoms with van der Waals surface area (Å²) in [6.07, 6.45) is 4.29. The predicted molar refractivity (Wildman–Crippen MR) is 87.7 cm³/mol. The zero-order chi connectivity index (χ0) is 16.4. The van der Waals surface area contributed by atoms with Crippen molar-refractivity contribution in [2.24, 2.45) is 13.0 Å². The second-order valence-electron chi connectivity index (χ2n) is 6.32. The minimum absolute atomic E-state index is 0.131. The Morgan fingerprint density at radius 2 is 2.30 bits per heavy atom. The van der Waals surface area contributed by atoms with Crippen LogP contribution in [-0.2, 0) is 23.1 Å². The SMILES string of the molecule is Cc1cccc(CN(C)C(=O)[C@H]2CCO[C@@H]2c2cnn(C)c2)c1. The van der Waals surface area contributed by atoms with Crippen LogP contribution in [0.4, 0.5) is 0 Å². The summed E-state index contributed by atoms with van der Waals surface area (Å²) in [4.78, 5) is 14.6. The molecule has 2 atom stereocenters. The maximum atomic E-state index is 12.8. The highest BCUT2D eigenvalue weighted by Crippen LogP contribution is 2.35. The van der Waals surface area contributed by atoms with Gasteiger partial charge in [0.25, 0.3) is 0 Å². The highest BCUT2D eigenvalue weighted by atomic mass is 16.5. The van der Waals surface area contributed by atoms with Crippen molar-refractivity contribution in [2.45, 2.75) is 26.0 Å². The Labute approximate surface area is 136 Å². The minimum Gasteiger partial charge on any atom is -0.373 e. The van der Waals surface area contributed by atoms with Crippen LogP contribution in [0.1, 0.15) is 29.2 Å². The van der Waals surface area contributed by atoms with Crippen molar-refractivity contribution < 1.29 is 9.53 Å². The van der Waals surface area contributed by atoms with Gasteiger partial charge in [-0.15, -0.1) is 0 Å². The van der Waals surface area contributed by atoms with E-state index in [1.54, 1.807) is 15.8 Å². The normalized spacial score (nSPS) is 20.7. The third kappa shape index (κ3) is 3.45. The van der Waals surface area contributed by atoms with Gasteiger partial charge in [-0.3, -0.25) is 9.48 Å². The van der Waals surface area contributed by atoms with Crippen LogP contribution in [0.2, 0.25) is 0 Å². The third-order valence-corrected chi connectivity index (χ3v) is 4.34. The fraction of sp³-hybridized carbons (Fsp3) is 0.444. The van der Waals surface area contributed by atoms with Crippen molar-refractivity contribution in [3.63, 3.8) is 0 Å². The molecule has 1 amide bonds. The van der Waals surface area contributed by atoms with Crippen LogP contribution in [-0.4, -0.2) is 34.2 Å². The predicted octanol–water partition coefficient (Wildman–Crippen LogP) is 2.46. The minimum atomic E-state index is -0.184. The second-order valence-corrected chi connectivity index (χ2v) is 6.32. The first-order chi connectivity index (χ1) is 11.0. The van der Waals surface area contributed by atoms with Crippen LogP contribution >= 0.6 is 0 Å². The fourth-order valence-electron chi connectivity index (χ4n) is 3.20. The average Bonchev–Trinajstić information content (AvgIpc) is 3.14. The number of aromatic nitrogens is 2. The molecule has 0 saturated carbocycles. The van der Waals surface area contributed by atoms with E-state index in [1.807, 2.05) is 26.4 Å². The number of amides is 1. The quantitative estimate of drug-likeness (QED) is 0.871. The van der Waals surface area contributed by atoms with E-state index in [0.717, 1.165) is 17.5 Å². The van der Waals surface area contributed by atoms with Crippen molar-refractivity contribution in [1.82, 2.24) is 14.7 Å². The molecule has 1 aromatic carbocycles. The number of carbonyl (C=O) groups excluding carboxylic acids is 1. The second kappa shape index (κ2) is 6.54. The Balaban J connectivity index is 1.71. The van der Waals surface area contributed by atoms with Crippen molar-refractivity contribution >= 4 is 5.91 Å². The molecule has 2 heterocycles. The van der Waals surface area contributed by atoms with Crippen molar-refractivity contribution in [1.29, 1.82) is 0 Å². The Morgan fingerprint density at radius 3 is 3.00 bits per heavy atom. The largest absolute Gasteiger partial charge is 0.373 e. The molecule has 1 aromatic heterocycles. The monoisotopic (exact) mass is 313 g/mol. The van der Waals surface area contributed by atoms with E-state index < -0.39 is 0 Å². The Morgan fingerprint density at radius 1 is 1.48 bits per heavy atom. The first-order valence-corrected chi connectivity index (χ1v) is 7.95. The molecule has 5 nitrogen and oxygen atoms in total. The van der Waals surface area contributed by atoms with E-state index in [0.29, 0.717) is 13.2 Å². The van der Waals surface area contributed by atoms with Gasteiger partial charge in [0.05, 0.1) is 18.2 Å². The molecule has 1 aliphatic rings. The number of carbonyl (C=O) groups is 1. The van der Waals surface area contributed by atoms with Gasteiger partial charge < -0.3 is 9.64 Å². The number of nitrogens with zero attached hydrogens (tertiary/aromatic N) is 3. The Kier molecular flexibility index (Phi) is 4.48. The van der Waals surface area contributed by atoms with Crippen molar-refractivity contribution in [2.75, 3.05) is 13.7 Å². The fourth-order valence-corrected chi connectivity index (χ4v) is 3.20. The van der Waals surface area contributed by atoms with Crippen LogP contribution in [0.25, 0.3) is 0 Å². The summed E-state index contributed by atoms with van der Waals surface area (Å²) in [7, 11) is 3.74. The van der Waals surface area contributed by atoms with Gasteiger partial charge in [0.15, 0.2) is 0 Å². The first kappa shape index (κ1) is 15.7. The Bertz CT molecular complexity index is 695. The zero-order valence-electron chi connectivity index (χ0n) is 13.9. The standard InChI is InChI=1S/C18H23N3O2/c1-13-5-4-6-14(9-13)11-20(2)18(22)16-7-8-23-17(16)15-10-19-21(3)12-15/h4-6,9-10,12,16-17H,7-8,11H2,1-3H3/t16-,17+/m0/s1. The van der Waals surface area contributed by atoms with Crippen LogP contribution in [0.15, 0.2) is 36.7 Å². The summed E-state index contributed by atoms with van der Waals surface area (Å²) in [5, 5.41) is 4.19. The molecule has 2 aromatic rings. The van der Waals surface area contributed by atoms with Crippen molar-refractivity contribution in [3.8, 4) is 0 Å². The maximum Gasteiger partial charge on any atom is 0.228 e. The van der Waals surface area contributed by atoms with E-state index in [-0.39, 0.29) is 17.9 Å². The number of aryl methyl sites for hydroxylation is 2. The maximum absolute atomic E-state index is 12.8. The van der Waals surface area contributed by atoms with Gasteiger partial charge in [-0.25, -0.2) is 0 Å². The molecule has 3 rings (SSSR count). The van der Waals surface area contributed by atoms with Gasteiger partial charge in [0.2, 0.25) is 5.91 Å². The number of hydrogen-bond donors (Lipinski definition) is 0. The lowest BCUT2D eigenvalue weighted by molar-refractivity contribution is -0.136. The van der Waals surface area contributed by atoms with E-state index >= 15 is 0 Å². The summed E-state index contributed by atoms with van der Waals surface area (Å²) in [6.45, 7) is 3.31. The molecule has 122 valence electrons. The number of benzene rings is 1. The summed E-state index contributed by atoms with van der Waals surface area (Å²) in [6, 6.07) is 8.27. The average molecular weight is 313 g/mol. The number of rotatable bonds is 4. The Hall–Kier alpha value is -2.14. The summed E-state index contributed by atoms with van der Waals surface area (Å²) < 4.78 is 7.55. The van der Waals surface area contributed by atoms with E-state index in [1.165, 1.54) is 5.56 Å². The third-order valence-electron chi connectivity index (χ3n) is 4.34. The molecule has 1 aliphatic heterocycles. The zero-order valence-corrected chi connectivity index (χ0v) is 13.9. The highest BCUT2D eigenvalue weighted by molar-refractivity contribution is 5.79. The van der Waals surface area contributed by atoms with E-state index in [2.05, 4.69) is 30.2 Å². The van der Waals surface area contributed by atoms with Gasteiger partial charge in [-0.1, -0.05) is 29.8 Å².